The van der Waals surface area contributed by atoms with Gasteiger partial charge in [-0.2, -0.15) is 11.3 Å². The van der Waals surface area contributed by atoms with Crippen LogP contribution in [0.4, 0.5) is 0 Å². The monoisotopic (exact) mass is 343 g/mol. The first kappa shape index (κ1) is 17.0. The Labute approximate surface area is 148 Å². The lowest BCUT2D eigenvalue weighted by Crippen LogP contribution is -2.38. The Morgan fingerprint density at radius 2 is 1.92 bits per heavy atom. The van der Waals surface area contributed by atoms with Crippen LogP contribution in [0.5, 0.6) is 5.75 Å². The Bertz CT molecular complexity index is 655. The van der Waals surface area contributed by atoms with Crippen molar-refractivity contribution in [1.82, 2.24) is 5.32 Å². The predicted molar refractivity (Wildman–Crippen MR) is 99.0 cm³/mol. The van der Waals surface area contributed by atoms with Crippen LogP contribution >= 0.6 is 11.3 Å². The summed E-state index contributed by atoms with van der Waals surface area (Å²) in [6.45, 7) is 4.70. The number of carbonyl (C=O) groups is 1. The van der Waals surface area contributed by atoms with Gasteiger partial charge in [0.1, 0.15) is 5.75 Å². The topological polar surface area (TPSA) is 38.3 Å². The molecular formula is C20H25NO2S. The number of ether oxygens (including phenoxy) is 1. The molecule has 0 spiro atoms. The van der Waals surface area contributed by atoms with Gasteiger partial charge in [-0.1, -0.05) is 12.8 Å². The molecule has 1 saturated carbocycles. The second-order valence-corrected chi connectivity index (χ2v) is 7.65. The van der Waals surface area contributed by atoms with Crippen LogP contribution in [0.3, 0.4) is 0 Å². The lowest BCUT2D eigenvalue weighted by molar-refractivity contribution is 0.0943. The quantitative estimate of drug-likeness (QED) is 0.820. The summed E-state index contributed by atoms with van der Waals surface area (Å²) in [4.78, 5) is 12.5. The molecule has 0 bridgehead atoms. The van der Waals surface area contributed by atoms with Crippen LogP contribution in [0.2, 0.25) is 0 Å². The van der Waals surface area contributed by atoms with E-state index in [4.69, 9.17) is 4.74 Å². The number of rotatable bonds is 6. The summed E-state index contributed by atoms with van der Waals surface area (Å²) in [5, 5.41) is 7.52. The maximum absolute atomic E-state index is 12.5. The fraction of sp³-hybridized carbons (Fsp3) is 0.450. The van der Waals surface area contributed by atoms with Crippen LogP contribution in [0.25, 0.3) is 0 Å². The molecular weight excluding hydrogens is 318 g/mol. The molecule has 0 aliphatic heterocycles. The molecule has 1 aromatic carbocycles. The minimum atomic E-state index is -0.00685. The highest BCUT2D eigenvalue weighted by Crippen LogP contribution is 2.41. The molecule has 1 N–H and O–H groups in total. The van der Waals surface area contributed by atoms with Crippen molar-refractivity contribution in [3.63, 3.8) is 0 Å². The summed E-state index contributed by atoms with van der Waals surface area (Å²) in [6.07, 6.45) is 4.94. The molecule has 128 valence electrons. The molecule has 1 aliphatic carbocycles. The molecule has 2 aromatic rings. The smallest absolute Gasteiger partial charge is 0.251 e. The van der Waals surface area contributed by atoms with E-state index in [9.17, 15) is 4.79 Å². The van der Waals surface area contributed by atoms with Gasteiger partial charge in [-0.3, -0.25) is 4.79 Å². The lowest BCUT2D eigenvalue weighted by atomic mass is 9.80. The van der Waals surface area contributed by atoms with Gasteiger partial charge in [0.05, 0.1) is 6.10 Å². The van der Waals surface area contributed by atoms with Gasteiger partial charge in [0.15, 0.2) is 0 Å². The number of amides is 1. The van der Waals surface area contributed by atoms with Crippen molar-refractivity contribution in [2.75, 3.05) is 6.54 Å². The highest BCUT2D eigenvalue weighted by atomic mass is 32.1. The fourth-order valence-corrected chi connectivity index (χ4v) is 4.27. The molecule has 4 heteroatoms. The third-order valence-corrected chi connectivity index (χ3v) is 5.45. The Hall–Kier alpha value is -1.81. The van der Waals surface area contributed by atoms with E-state index in [1.165, 1.54) is 18.4 Å². The second kappa shape index (κ2) is 7.39. The molecule has 0 saturated heterocycles. The van der Waals surface area contributed by atoms with Crippen LogP contribution in [-0.4, -0.2) is 18.6 Å². The highest BCUT2D eigenvalue weighted by molar-refractivity contribution is 7.08. The van der Waals surface area contributed by atoms with Gasteiger partial charge in [-0.15, -0.1) is 0 Å². The number of hydrogen-bond donors (Lipinski definition) is 1. The summed E-state index contributed by atoms with van der Waals surface area (Å²) in [5.41, 5.74) is 2.19. The molecule has 1 heterocycles. The average Bonchev–Trinajstić information content (AvgIpc) is 3.25. The number of carbonyl (C=O) groups excluding carboxylic acids is 1. The van der Waals surface area contributed by atoms with Crippen molar-refractivity contribution in [2.24, 2.45) is 0 Å². The number of thiophene rings is 1. The van der Waals surface area contributed by atoms with Gasteiger partial charge >= 0.3 is 0 Å². The maximum atomic E-state index is 12.5. The zero-order chi connectivity index (χ0) is 17.0. The summed E-state index contributed by atoms with van der Waals surface area (Å²) >= 11 is 1.74. The summed E-state index contributed by atoms with van der Waals surface area (Å²) in [5.74, 6) is 0.791. The van der Waals surface area contributed by atoms with Crippen molar-refractivity contribution in [3.05, 3.63) is 52.2 Å². The summed E-state index contributed by atoms with van der Waals surface area (Å²) in [7, 11) is 0. The van der Waals surface area contributed by atoms with E-state index in [-0.39, 0.29) is 17.4 Å². The largest absolute Gasteiger partial charge is 0.491 e. The van der Waals surface area contributed by atoms with Gasteiger partial charge in [-0.05, 0) is 73.3 Å². The molecule has 0 atom stereocenters. The van der Waals surface area contributed by atoms with Crippen molar-refractivity contribution < 1.29 is 9.53 Å². The van der Waals surface area contributed by atoms with E-state index in [0.29, 0.717) is 12.1 Å². The second-order valence-electron chi connectivity index (χ2n) is 6.87. The van der Waals surface area contributed by atoms with Crippen molar-refractivity contribution in [1.29, 1.82) is 0 Å². The molecule has 24 heavy (non-hydrogen) atoms. The highest BCUT2D eigenvalue weighted by Gasteiger charge is 2.36. The Morgan fingerprint density at radius 3 is 2.50 bits per heavy atom. The van der Waals surface area contributed by atoms with Crippen molar-refractivity contribution in [2.45, 2.75) is 51.0 Å². The van der Waals surface area contributed by atoms with E-state index in [1.807, 2.05) is 38.1 Å². The number of hydrogen-bond acceptors (Lipinski definition) is 3. The summed E-state index contributed by atoms with van der Waals surface area (Å²) in [6, 6.07) is 9.59. The molecule has 3 nitrogen and oxygen atoms in total. The zero-order valence-corrected chi connectivity index (χ0v) is 15.2. The first-order chi connectivity index (χ1) is 11.6. The number of nitrogens with one attached hydrogen (secondary N) is 1. The third kappa shape index (κ3) is 3.81. The Balaban J connectivity index is 1.64. The van der Waals surface area contributed by atoms with Crippen molar-refractivity contribution >= 4 is 17.2 Å². The predicted octanol–water partition coefficient (Wildman–Crippen LogP) is 4.78. The summed E-state index contributed by atoms with van der Waals surface area (Å²) < 4.78 is 5.62. The molecule has 1 aromatic heterocycles. The first-order valence-electron chi connectivity index (χ1n) is 8.67. The van der Waals surface area contributed by atoms with Gasteiger partial charge in [-0.25, -0.2) is 0 Å². The zero-order valence-electron chi connectivity index (χ0n) is 14.4. The lowest BCUT2D eigenvalue weighted by Gasteiger charge is -2.28. The van der Waals surface area contributed by atoms with Crippen LogP contribution in [0.15, 0.2) is 41.1 Å². The Morgan fingerprint density at radius 1 is 1.21 bits per heavy atom. The number of benzene rings is 1. The first-order valence-corrected chi connectivity index (χ1v) is 9.61. The molecule has 1 aliphatic rings. The maximum Gasteiger partial charge on any atom is 0.251 e. The SMILES string of the molecule is CC(C)Oc1ccc(C(=O)NCC2(c3ccsc3)CCCC2)cc1. The van der Waals surface area contributed by atoms with E-state index >= 15 is 0 Å². The van der Waals surface area contributed by atoms with E-state index in [1.54, 1.807) is 11.3 Å². The minimum Gasteiger partial charge on any atom is -0.491 e. The van der Waals surface area contributed by atoms with Gasteiger partial charge < -0.3 is 10.1 Å². The van der Waals surface area contributed by atoms with Crippen LogP contribution in [0, 0.1) is 0 Å². The van der Waals surface area contributed by atoms with Crippen molar-refractivity contribution in [3.8, 4) is 5.75 Å². The molecule has 1 fully saturated rings. The van der Waals surface area contributed by atoms with Crippen LogP contribution in [0.1, 0.15) is 55.5 Å². The van der Waals surface area contributed by atoms with Gasteiger partial charge in [0, 0.05) is 17.5 Å². The fourth-order valence-electron chi connectivity index (χ4n) is 3.49. The molecule has 1 amide bonds. The van der Waals surface area contributed by atoms with E-state index < -0.39 is 0 Å². The van der Waals surface area contributed by atoms with E-state index in [2.05, 4.69) is 22.1 Å². The average molecular weight is 343 g/mol. The standard InChI is InChI=1S/C20H25NO2S/c1-15(2)23-18-7-5-16(6-8-18)19(22)21-14-20(10-3-4-11-20)17-9-12-24-13-17/h5-9,12-13,15H,3-4,10-11,14H2,1-2H3,(H,21,22). The van der Waals surface area contributed by atoms with Crippen LogP contribution < -0.4 is 10.1 Å². The third-order valence-electron chi connectivity index (χ3n) is 4.77. The normalized spacial score (nSPS) is 16.3. The van der Waals surface area contributed by atoms with E-state index in [0.717, 1.165) is 18.6 Å². The minimum absolute atomic E-state index is 0.00685. The molecule has 3 rings (SSSR count). The molecule has 0 unspecified atom stereocenters. The Kier molecular flexibility index (Phi) is 5.24. The molecule has 0 radical (unpaired) electrons. The van der Waals surface area contributed by atoms with Crippen LogP contribution in [-0.2, 0) is 5.41 Å². The van der Waals surface area contributed by atoms with Gasteiger partial charge in [0.25, 0.3) is 5.91 Å². The van der Waals surface area contributed by atoms with Gasteiger partial charge in [0.2, 0.25) is 0 Å².